The maximum Gasteiger partial charge on any atom is 0.306 e. The highest BCUT2D eigenvalue weighted by atomic mass is 16.5. The molecule has 3 rings (SSSR count). The minimum absolute atomic E-state index is 0.178. The number of benzene rings is 2. The Morgan fingerprint density at radius 1 is 0.966 bits per heavy atom. The molecule has 0 bridgehead atoms. The zero-order valence-electron chi connectivity index (χ0n) is 16.7. The van der Waals surface area contributed by atoms with Crippen LogP contribution >= 0.6 is 0 Å². The average molecular weight is 395 g/mol. The lowest BCUT2D eigenvalue weighted by Crippen LogP contribution is -2.15. The average Bonchev–Trinajstić information content (AvgIpc) is 3.06. The summed E-state index contributed by atoms with van der Waals surface area (Å²) in [4.78, 5) is 27.7. The Hall–Kier alpha value is -3.28. The Bertz CT molecular complexity index is 992. The lowest BCUT2D eigenvalue weighted by molar-refractivity contribution is -0.142. The number of ketones is 1. The van der Waals surface area contributed by atoms with Gasteiger partial charge in [-0.3, -0.25) is 9.59 Å². The van der Waals surface area contributed by atoms with Crippen molar-refractivity contribution in [2.24, 2.45) is 0 Å². The fourth-order valence-corrected chi connectivity index (χ4v) is 3.17. The smallest absolute Gasteiger partial charge is 0.306 e. The molecule has 2 aromatic carbocycles. The maximum atomic E-state index is 12.5. The van der Waals surface area contributed by atoms with Crippen molar-refractivity contribution in [1.82, 2.24) is 4.98 Å². The molecule has 0 saturated heterocycles. The number of carbonyl (C=O) groups is 2. The first-order valence-electron chi connectivity index (χ1n) is 9.71. The number of fused-ring (bicyclic) bond motifs is 1. The molecule has 0 amide bonds. The molecule has 0 unspecified atom stereocenters. The number of para-hydroxylation sites is 3. The quantitative estimate of drug-likeness (QED) is 0.312. The Morgan fingerprint density at radius 3 is 2.41 bits per heavy atom. The summed E-state index contributed by atoms with van der Waals surface area (Å²) in [5, 5.41) is 0.840. The summed E-state index contributed by atoms with van der Waals surface area (Å²) in [6.07, 6.45) is 0.663. The number of Topliss-reactive ketones (excluding diaryl/α,β-unsaturated/α-hetero) is 1. The Labute approximate surface area is 169 Å². The zero-order valence-corrected chi connectivity index (χ0v) is 16.7. The van der Waals surface area contributed by atoms with Crippen molar-refractivity contribution in [2.75, 3.05) is 19.8 Å². The molecule has 0 atom stereocenters. The lowest BCUT2D eigenvalue weighted by Gasteiger charge is -2.11. The van der Waals surface area contributed by atoms with E-state index in [-0.39, 0.29) is 18.8 Å². The van der Waals surface area contributed by atoms with Gasteiger partial charge < -0.3 is 19.2 Å². The molecule has 1 aromatic heterocycles. The van der Waals surface area contributed by atoms with Crippen LogP contribution < -0.4 is 9.47 Å². The van der Waals surface area contributed by atoms with E-state index in [4.69, 9.17) is 14.2 Å². The van der Waals surface area contributed by atoms with Gasteiger partial charge in [0.2, 0.25) is 5.78 Å². The number of H-pyrrole nitrogens is 1. The molecule has 0 aliphatic carbocycles. The fraction of sp³-hybridized carbons (Fsp3) is 0.304. The molecule has 0 aliphatic heterocycles. The van der Waals surface area contributed by atoms with Gasteiger partial charge in [-0.2, -0.15) is 0 Å². The number of rotatable bonds is 10. The lowest BCUT2D eigenvalue weighted by atomic mass is 10.1. The predicted octanol–water partition coefficient (Wildman–Crippen LogP) is 4.46. The molecule has 6 heteroatoms. The van der Waals surface area contributed by atoms with Crippen molar-refractivity contribution in [3.05, 3.63) is 59.8 Å². The van der Waals surface area contributed by atoms with E-state index in [0.717, 1.165) is 16.6 Å². The SMILES string of the molecule is CCOc1ccccc1OCCCC(=O)OCC(=O)c1c(C)[nH]c2ccccc12. The van der Waals surface area contributed by atoms with Gasteiger partial charge in [0, 0.05) is 28.6 Å². The summed E-state index contributed by atoms with van der Waals surface area (Å²) in [5.41, 5.74) is 2.24. The number of aryl methyl sites for hydroxylation is 1. The normalized spacial score (nSPS) is 10.7. The van der Waals surface area contributed by atoms with E-state index in [2.05, 4.69) is 4.98 Å². The van der Waals surface area contributed by atoms with Gasteiger partial charge in [0.15, 0.2) is 18.1 Å². The van der Waals surface area contributed by atoms with Gasteiger partial charge >= 0.3 is 5.97 Å². The number of carbonyl (C=O) groups excluding carboxylic acids is 2. The maximum absolute atomic E-state index is 12.5. The molecular weight excluding hydrogens is 370 g/mol. The summed E-state index contributed by atoms with van der Waals surface area (Å²) < 4.78 is 16.3. The molecule has 0 aliphatic rings. The highest BCUT2D eigenvalue weighted by molar-refractivity contribution is 6.10. The number of ether oxygens (including phenoxy) is 3. The Morgan fingerprint density at radius 2 is 1.66 bits per heavy atom. The van der Waals surface area contributed by atoms with E-state index in [1.807, 2.05) is 62.4 Å². The second kappa shape index (κ2) is 9.78. The first kappa shape index (κ1) is 20.5. The summed E-state index contributed by atoms with van der Waals surface area (Å²) in [6.45, 7) is 4.39. The van der Waals surface area contributed by atoms with E-state index >= 15 is 0 Å². The summed E-state index contributed by atoms with van der Waals surface area (Å²) in [5.74, 6) is 0.692. The minimum atomic E-state index is -0.419. The highest BCUT2D eigenvalue weighted by Gasteiger charge is 2.17. The van der Waals surface area contributed by atoms with E-state index in [1.54, 1.807) is 0 Å². The van der Waals surface area contributed by atoms with E-state index in [0.29, 0.717) is 36.7 Å². The van der Waals surface area contributed by atoms with Crippen molar-refractivity contribution in [2.45, 2.75) is 26.7 Å². The fourth-order valence-electron chi connectivity index (χ4n) is 3.17. The second-order valence-electron chi connectivity index (χ2n) is 6.59. The van der Waals surface area contributed by atoms with Crippen LogP contribution in [0.5, 0.6) is 11.5 Å². The van der Waals surface area contributed by atoms with Gasteiger partial charge in [0.1, 0.15) is 0 Å². The molecule has 0 spiro atoms. The van der Waals surface area contributed by atoms with Crippen molar-refractivity contribution in [3.8, 4) is 11.5 Å². The molecule has 152 valence electrons. The topological polar surface area (TPSA) is 77.6 Å². The van der Waals surface area contributed by atoms with Gasteiger partial charge in [-0.25, -0.2) is 0 Å². The van der Waals surface area contributed by atoms with Gasteiger partial charge in [0.25, 0.3) is 0 Å². The van der Waals surface area contributed by atoms with Crippen LogP contribution in [0.1, 0.15) is 35.8 Å². The standard InChI is InChI=1S/C23H25NO5/c1-3-27-20-11-6-7-12-21(20)28-14-8-13-22(26)29-15-19(25)23-16(2)24-18-10-5-4-9-17(18)23/h4-7,9-12,24H,3,8,13-15H2,1-2H3. The summed E-state index contributed by atoms with van der Waals surface area (Å²) >= 11 is 0. The van der Waals surface area contributed by atoms with Crippen LogP contribution in [0.4, 0.5) is 0 Å². The summed E-state index contributed by atoms with van der Waals surface area (Å²) in [7, 11) is 0. The van der Waals surface area contributed by atoms with Crippen LogP contribution in [0.3, 0.4) is 0 Å². The third-order valence-electron chi connectivity index (χ3n) is 4.47. The predicted molar refractivity (Wildman–Crippen MR) is 111 cm³/mol. The Kier molecular flexibility index (Phi) is 6.89. The molecule has 1 N–H and O–H groups in total. The van der Waals surface area contributed by atoms with Crippen LogP contribution in [0, 0.1) is 6.92 Å². The molecule has 29 heavy (non-hydrogen) atoms. The van der Waals surface area contributed by atoms with Gasteiger partial charge in [-0.05, 0) is 38.5 Å². The molecule has 3 aromatic rings. The van der Waals surface area contributed by atoms with Crippen LogP contribution in [0.2, 0.25) is 0 Å². The minimum Gasteiger partial charge on any atom is -0.490 e. The van der Waals surface area contributed by atoms with Crippen molar-refractivity contribution in [3.63, 3.8) is 0 Å². The summed E-state index contributed by atoms with van der Waals surface area (Å²) in [6, 6.07) is 15.0. The van der Waals surface area contributed by atoms with Gasteiger partial charge in [0.05, 0.1) is 13.2 Å². The molecule has 0 saturated carbocycles. The van der Waals surface area contributed by atoms with Crippen LogP contribution in [0.25, 0.3) is 10.9 Å². The van der Waals surface area contributed by atoms with E-state index in [1.165, 1.54) is 0 Å². The van der Waals surface area contributed by atoms with Crippen LogP contribution in [-0.4, -0.2) is 36.6 Å². The number of aromatic nitrogens is 1. The van der Waals surface area contributed by atoms with E-state index < -0.39 is 5.97 Å². The number of esters is 1. The number of nitrogens with one attached hydrogen (secondary N) is 1. The zero-order chi connectivity index (χ0) is 20.6. The molecule has 0 fully saturated rings. The Balaban J connectivity index is 1.44. The van der Waals surface area contributed by atoms with Crippen LogP contribution in [-0.2, 0) is 9.53 Å². The molecule has 6 nitrogen and oxygen atoms in total. The highest BCUT2D eigenvalue weighted by Crippen LogP contribution is 2.26. The number of hydrogen-bond acceptors (Lipinski definition) is 5. The number of hydrogen-bond donors (Lipinski definition) is 1. The van der Waals surface area contributed by atoms with Crippen LogP contribution in [0.15, 0.2) is 48.5 Å². The molecule has 0 radical (unpaired) electrons. The van der Waals surface area contributed by atoms with Gasteiger partial charge in [-0.1, -0.05) is 30.3 Å². The van der Waals surface area contributed by atoms with Crippen molar-refractivity contribution in [1.29, 1.82) is 0 Å². The monoisotopic (exact) mass is 395 g/mol. The van der Waals surface area contributed by atoms with E-state index in [9.17, 15) is 9.59 Å². The first-order chi connectivity index (χ1) is 14.1. The molecular formula is C23H25NO5. The first-order valence-corrected chi connectivity index (χ1v) is 9.71. The third kappa shape index (κ3) is 5.16. The third-order valence-corrected chi connectivity index (χ3v) is 4.47. The molecule has 1 heterocycles. The second-order valence-corrected chi connectivity index (χ2v) is 6.59. The largest absolute Gasteiger partial charge is 0.490 e. The number of aromatic amines is 1. The van der Waals surface area contributed by atoms with Crippen molar-refractivity contribution >= 4 is 22.7 Å². The van der Waals surface area contributed by atoms with Crippen molar-refractivity contribution < 1.29 is 23.8 Å². The van der Waals surface area contributed by atoms with Gasteiger partial charge in [-0.15, -0.1) is 0 Å².